The largest absolute Gasteiger partial charge is 0.477 e. The van der Waals surface area contributed by atoms with Crippen molar-refractivity contribution in [2.45, 2.75) is 47.6 Å². The lowest BCUT2D eigenvalue weighted by Gasteiger charge is -2.16. The maximum Gasteiger partial charge on any atom is 0.341 e. The van der Waals surface area contributed by atoms with Crippen LogP contribution in [-0.4, -0.2) is 15.6 Å². The number of aromatic nitrogens is 1. The predicted octanol–water partition coefficient (Wildman–Crippen LogP) is 5.30. The molecule has 0 atom stereocenters. The van der Waals surface area contributed by atoms with E-state index < -0.39 is 11.4 Å². The number of pyridine rings is 1. The lowest BCUT2D eigenvalue weighted by Crippen LogP contribution is -2.19. The molecule has 0 unspecified atom stereocenters. The molecule has 0 radical (unpaired) electrons. The monoisotopic (exact) mass is 383 g/mol. The van der Waals surface area contributed by atoms with E-state index in [2.05, 4.69) is 0 Å². The molecule has 2 aromatic rings. The van der Waals surface area contributed by atoms with Crippen LogP contribution in [0.1, 0.15) is 61.3 Å². The lowest BCUT2D eigenvalue weighted by molar-refractivity contribution is 0.0694. The van der Waals surface area contributed by atoms with Gasteiger partial charge in [0.25, 0.3) is 0 Å². The van der Waals surface area contributed by atoms with Crippen LogP contribution in [0.3, 0.4) is 0 Å². The van der Waals surface area contributed by atoms with Crippen LogP contribution in [-0.2, 0) is 6.54 Å². The fraction of sp³-hybridized carbons (Fsp3) is 0.304. The van der Waals surface area contributed by atoms with Gasteiger partial charge in [0.05, 0.1) is 0 Å². The summed E-state index contributed by atoms with van der Waals surface area (Å²) in [6, 6.07) is 6.32. The third-order valence-corrected chi connectivity index (χ3v) is 4.62. The standard InChI is InChI=1S/C23H26FNO3/c1-6-10-25-13-18(23(27)28)21(26)12-20(25)16(5)11-17(14(2)3)22-15(4)8-7-9-19(22)24/h7-9,11-13H,6,10H2,1-5H3,(H,27,28)/b16-11+. The normalized spacial score (nSPS) is 11.4. The molecule has 2 rings (SSSR count). The number of aromatic carboxylic acids is 1. The van der Waals surface area contributed by atoms with Gasteiger partial charge in [0, 0.05) is 30.1 Å². The van der Waals surface area contributed by atoms with Crippen LogP contribution in [0.4, 0.5) is 4.39 Å². The quantitative estimate of drug-likeness (QED) is 0.689. The Morgan fingerprint density at radius 2 is 1.93 bits per heavy atom. The highest BCUT2D eigenvalue weighted by atomic mass is 19.1. The average Bonchev–Trinajstić information content (AvgIpc) is 2.61. The Bertz CT molecular complexity index is 1000. The molecule has 0 spiro atoms. The fourth-order valence-electron chi connectivity index (χ4n) is 3.23. The number of halogens is 1. The van der Waals surface area contributed by atoms with Gasteiger partial charge in [0.15, 0.2) is 5.43 Å². The molecule has 0 aliphatic heterocycles. The van der Waals surface area contributed by atoms with E-state index in [1.807, 2.05) is 46.8 Å². The number of hydrogen-bond donors (Lipinski definition) is 1. The molecule has 0 amide bonds. The molecule has 0 bridgehead atoms. The van der Waals surface area contributed by atoms with E-state index in [1.54, 1.807) is 10.6 Å². The zero-order chi connectivity index (χ0) is 21.0. The Morgan fingerprint density at radius 3 is 2.46 bits per heavy atom. The van der Waals surface area contributed by atoms with Crippen LogP contribution in [0.2, 0.25) is 0 Å². The summed E-state index contributed by atoms with van der Waals surface area (Å²) in [4.78, 5) is 23.6. The van der Waals surface area contributed by atoms with Crippen LogP contribution in [0, 0.1) is 12.7 Å². The van der Waals surface area contributed by atoms with E-state index in [1.165, 1.54) is 18.3 Å². The third kappa shape index (κ3) is 4.47. The van der Waals surface area contributed by atoms with Gasteiger partial charge >= 0.3 is 5.97 Å². The summed E-state index contributed by atoms with van der Waals surface area (Å²) in [7, 11) is 0. The first-order chi connectivity index (χ1) is 13.2. The van der Waals surface area contributed by atoms with Crippen molar-refractivity contribution in [1.82, 2.24) is 4.57 Å². The van der Waals surface area contributed by atoms with Crippen molar-refractivity contribution in [3.05, 3.63) is 80.5 Å². The number of carbonyl (C=O) groups is 1. The van der Waals surface area contributed by atoms with Crippen LogP contribution >= 0.6 is 0 Å². The van der Waals surface area contributed by atoms with E-state index in [-0.39, 0.29) is 11.4 Å². The summed E-state index contributed by atoms with van der Waals surface area (Å²) in [5.41, 5.74) is 3.66. The van der Waals surface area contributed by atoms with Crippen molar-refractivity contribution in [3.63, 3.8) is 0 Å². The minimum Gasteiger partial charge on any atom is -0.477 e. The zero-order valence-corrected chi connectivity index (χ0v) is 17.0. The van der Waals surface area contributed by atoms with Crippen LogP contribution in [0.25, 0.3) is 11.1 Å². The number of allylic oxidation sites excluding steroid dienone is 4. The highest BCUT2D eigenvalue weighted by Gasteiger charge is 2.15. The van der Waals surface area contributed by atoms with Gasteiger partial charge in [-0.1, -0.05) is 24.6 Å². The smallest absolute Gasteiger partial charge is 0.341 e. The second-order valence-electron chi connectivity index (χ2n) is 7.11. The molecule has 0 aliphatic rings. The summed E-state index contributed by atoms with van der Waals surface area (Å²) in [5, 5.41) is 9.24. The maximum atomic E-state index is 14.5. The molecular weight excluding hydrogens is 357 g/mol. The van der Waals surface area contributed by atoms with E-state index in [0.717, 1.165) is 28.7 Å². The summed E-state index contributed by atoms with van der Waals surface area (Å²) in [6.07, 6.45) is 4.03. The molecule has 28 heavy (non-hydrogen) atoms. The summed E-state index contributed by atoms with van der Waals surface area (Å²) >= 11 is 0. The Morgan fingerprint density at radius 1 is 1.25 bits per heavy atom. The SMILES string of the molecule is CCCn1cc(C(=O)O)c(=O)cc1/C(C)=C/C(=C(C)C)c1c(C)cccc1F. The van der Waals surface area contributed by atoms with Crippen molar-refractivity contribution < 1.29 is 14.3 Å². The minimum absolute atomic E-state index is 0.252. The topological polar surface area (TPSA) is 59.3 Å². The van der Waals surface area contributed by atoms with Crippen molar-refractivity contribution in [3.8, 4) is 0 Å². The zero-order valence-electron chi connectivity index (χ0n) is 17.0. The molecule has 4 nitrogen and oxygen atoms in total. The van der Waals surface area contributed by atoms with Gasteiger partial charge in [-0.2, -0.15) is 0 Å². The number of benzene rings is 1. The van der Waals surface area contributed by atoms with Crippen molar-refractivity contribution in [1.29, 1.82) is 0 Å². The third-order valence-electron chi connectivity index (χ3n) is 4.62. The van der Waals surface area contributed by atoms with E-state index in [0.29, 0.717) is 17.8 Å². The fourth-order valence-corrected chi connectivity index (χ4v) is 3.23. The van der Waals surface area contributed by atoms with E-state index in [4.69, 9.17) is 0 Å². The van der Waals surface area contributed by atoms with Crippen LogP contribution in [0.15, 0.2) is 46.9 Å². The molecule has 1 aromatic heterocycles. The molecule has 0 saturated carbocycles. The van der Waals surface area contributed by atoms with Gasteiger partial charge in [0.2, 0.25) is 0 Å². The van der Waals surface area contributed by atoms with Gasteiger partial charge in [-0.25, -0.2) is 9.18 Å². The second-order valence-corrected chi connectivity index (χ2v) is 7.11. The van der Waals surface area contributed by atoms with Crippen molar-refractivity contribution >= 4 is 17.1 Å². The van der Waals surface area contributed by atoms with Gasteiger partial charge in [-0.15, -0.1) is 0 Å². The Hall–Kier alpha value is -2.95. The van der Waals surface area contributed by atoms with Gasteiger partial charge < -0.3 is 9.67 Å². The average molecular weight is 383 g/mol. The predicted molar refractivity (Wildman–Crippen MR) is 111 cm³/mol. The van der Waals surface area contributed by atoms with Crippen molar-refractivity contribution in [2.24, 2.45) is 0 Å². The number of carboxylic acids is 1. The second kappa shape index (κ2) is 8.83. The first-order valence-electron chi connectivity index (χ1n) is 9.26. The number of hydrogen-bond acceptors (Lipinski definition) is 2. The van der Waals surface area contributed by atoms with Crippen LogP contribution < -0.4 is 5.43 Å². The maximum absolute atomic E-state index is 14.5. The molecule has 148 valence electrons. The molecule has 0 aliphatic carbocycles. The summed E-state index contributed by atoms with van der Waals surface area (Å²) in [6.45, 7) is 10.1. The van der Waals surface area contributed by atoms with E-state index in [9.17, 15) is 19.1 Å². The Kier molecular flexibility index (Phi) is 6.73. The van der Waals surface area contributed by atoms with E-state index >= 15 is 0 Å². The molecule has 1 heterocycles. The molecule has 0 fully saturated rings. The van der Waals surface area contributed by atoms with Gasteiger partial charge in [0.1, 0.15) is 11.4 Å². The molecule has 1 N–H and O–H groups in total. The van der Waals surface area contributed by atoms with Crippen LogP contribution in [0.5, 0.6) is 0 Å². The number of nitrogens with zero attached hydrogens (tertiary/aromatic N) is 1. The first-order valence-corrected chi connectivity index (χ1v) is 9.26. The number of aryl methyl sites for hydroxylation is 2. The van der Waals surface area contributed by atoms with Crippen molar-refractivity contribution in [2.75, 3.05) is 0 Å². The number of rotatable bonds is 6. The first kappa shape index (κ1) is 21.4. The lowest BCUT2D eigenvalue weighted by atomic mass is 9.94. The van der Waals surface area contributed by atoms with Gasteiger partial charge in [-0.3, -0.25) is 4.79 Å². The van der Waals surface area contributed by atoms with Gasteiger partial charge in [-0.05, 0) is 63.0 Å². The molecule has 0 saturated heterocycles. The highest BCUT2D eigenvalue weighted by Crippen LogP contribution is 2.29. The Labute approximate surface area is 164 Å². The molecule has 5 heteroatoms. The molecular formula is C23H26FNO3. The summed E-state index contributed by atoms with van der Waals surface area (Å²) in [5.74, 6) is -1.54. The Balaban J connectivity index is 2.69. The number of carboxylic acid groups (broad SMARTS) is 1. The summed E-state index contributed by atoms with van der Waals surface area (Å²) < 4.78 is 16.3. The minimum atomic E-state index is -1.24. The molecule has 1 aromatic carbocycles. The highest BCUT2D eigenvalue weighted by molar-refractivity contribution is 5.88.